The van der Waals surface area contributed by atoms with Gasteiger partial charge in [0, 0.05) is 12.0 Å². The molecule has 1 atom stereocenters. The number of para-hydroxylation sites is 1. The summed E-state index contributed by atoms with van der Waals surface area (Å²) in [4.78, 5) is 25.0. The molecule has 3 rings (SSSR count). The molecule has 0 aliphatic carbocycles. The SMILES string of the molecule is CCOC(=O)[C@@H](CC#Cc1cccc(F)c1N)NC(=O)c1ccc2ccccc2c1. The van der Waals surface area contributed by atoms with Crippen LogP contribution in [0.5, 0.6) is 0 Å². The molecule has 0 fully saturated rings. The molecule has 6 heteroatoms. The van der Waals surface area contributed by atoms with Crippen molar-refractivity contribution >= 4 is 28.3 Å². The zero-order chi connectivity index (χ0) is 21.5. The summed E-state index contributed by atoms with van der Waals surface area (Å²) in [6, 6.07) is 16.3. The second kappa shape index (κ2) is 9.57. The van der Waals surface area contributed by atoms with Crippen molar-refractivity contribution in [3.8, 4) is 11.8 Å². The lowest BCUT2D eigenvalue weighted by molar-refractivity contribution is -0.145. The topological polar surface area (TPSA) is 81.4 Å². The molecule has 5 nitrogen and oxygen atoms in total. The van der Waals surface area contributed by atoms with Gasteiger partial charge >= 0.3 is 5.97 Å². The van der Waals surface area contributed by atoms with E-state index in [1.54, 1.807) is 25.1 Å². The quantitative estimate of drug-likeness (QED) is 0.386. The predicted molar refractivity (Wildman–Crippen MR) is 114 cm³/mol. The van der Waals surface area contributed by atoms with Gasteiger partial charge in [0.25, 0.3) is 5.91 Å². The fourth-order valence-electron chi connectivity index (χ4n) is 2.90. The van der Waals surface area contributed by atoms with Gasteiger partial charge in [0.1, 0.15) is 11.9 Å². The number of ether oxygens (including phenoxy) is 1. The summed E-state index contributed by atoms with van der Waals surface area (Å²) in [5.74, 6) is 3.97. The number of carbonyl (C=O) groups is 2. The van der Waals surface area contributed by atoms with Crippen molar-refractivity contribution in [2.75, 3.05) is 12.3 Å². The highest BCUT2D eigenvalue weighted by molar-refractivity contribution is 6.00. The second-order valence-electron chi connectivity index (χ2n) is 6.55. The molecule has 0 saturated heterocycles. The van der Waals surface area contributed by atoms with Gasteiger partial charge in [-0.3, -0.25) is 4.79 Å². The summed E-state index contributed by atoms with van der Waals surface area (Å²) in [7, 11) is 0. The molecule has 0 aliphatic rings. The minimum absolute atomic E-state index is 0.00585. The monoisotopic (exact) mass is 404 g/mol. The van der Waals surface area contributed by atoms with Crippen LogP contribution in [0.15, 0.2) is 60.7 Å². The zero-order valence-electron chi connectivity index (χ0n) is 16.4. The Morgan fingerprint density at radius 2 is 1.87 bits per heavy atom. The van der Waals surface area contributed by atoms with Gasteiger partial charge in [0.2, 0.25) is 0 Å². The van der Waals surface area contributed by atoms with E-state index in [1.165, 1.54) is 12.1 Å². The maximum absolute atomic E-state index is 13.5. The zero-order valence-corrected chi connectivity index (χ0v) is 16.4. The first-order valence-electron chi connectivity index (χ1n) is 9.48. The molecule has 3 aromatic carbocycles. The Morgan fingerprint density at radius 3 is 2.63 bits per heavy atom. The number of hydrogen-bond acceptors (Lipinski definition) is 4. The number of halogens is 1. The molecule has 3 N–H and O–H groups in total. The Bertz CT molecular complexity index is 1150. The first-order chi connectivity index (χ1) is 14.5. The van der Waals surface area contributed by atoms with Crippen LogP contribution in [-0.2, 0) is 9.53 Å². The van der Waals surface area contributed by atoms with E-state index in [-0.39, 0.29) is 18.7 Å². The Kier molecular flexibility index (Phi) is 6.66. The average molecular weight is 404 g/mol. The highest BCUT2D eigenvalue weighted by Crippen LogP contribution is 2.16. The van der Waals surface area contributed by atoms with Crippen LogP contribution in [0.25, 0.3) is 10.8 Å². The third-order valence-electron chi connectivity index (χ3n) is 4.47. The van der Waals surface area contributed by atoms with E-state index < -0.39 is 23.7 Å². The number of nitrogens with two attached hydrogens (primary N) is 1. The fraction of sp³-hybridized carbons (Fsp3) is 0.167. The minimum Gasteiger partial charge on any atom is -0.464 e. The van der Waals surface area contributed by atoms with Crippen molar-refractivity contribution in [1.82, 2.24) is 5.32 Å². The van der Waals surface area contributed by atoms with Crippen LogP contribution in [-0.4, -0.2) is 24.5 Å². The summed E-state index contributed by atoms with van der Waals surface area (Å²) in [6.45, 7) is 1.85. The van der Waals surface area contributed by atoms with Gasteiger partial charge in [-0.25, -0.2) is 9.18 Å². The van der Waals surface area contributed by atoms with E-state index in [4.69, 9.17) is 10.5 Å². The highest BCUT2D eigenvalue weighted by Gasteiger charge is 2.22. The Labute approximate surface area is 174 Å². The highest BCUT2D eigenvalue weighted by atomic mass is 19.1. The third-order valence-corrected chi connectivity index (χ3v) is 4.47. The number of benzene rings is 3. The summed E-state index contributed by atoms with van der Waals surface area (Å²) in [5, 5.41) is 4.60. The van der Waals surface area contributed by atoms with Crippen LogP contribution >= 0.6 is 0 Å². The largest absolute Gasteiger partial charge is 0.464 e. The Balaban J connectivity index is 1.78. The summed E-state index contributed by atoms with van der Waals surface area (Å²) >= 11 is 0. The predicted octanol–water partition coefficient (Wildman–Crippen LogP) is 3.66. The summed E-state index contributed by atoms with van der Waals surface area (Å²) in [6.07, 6.45) is -0.00585. The first kappa shape index (κ1) is 20.9. The van der Waals surface area contributed by atoms with Crippen molar-refractivity contribution in [3.63, 3.8) is 0 Å². The molecule has 30 heavy (non-hydrogen) atoms. The number of nitrogen functional groups attached to an aromatic ring is 1. The molecule has 3 aromatic rings. The number of esters is 1. The molecule has 0 bridgehead atoms. The maximum Gasteiger partial charge on any atom is 0.329 e. The molecule has 0 aromatic heterocycles. The lowest BCUT2D eigenvalue weighted by atomic mass is 10.1. The second-order valence-corrected chi connectivity index (χ2v) is 6.55. The van der Waals surface area contributed by atoms with Crippen LogP contribution in [0.2, 0.25) is 0 Å². The van der Waals surface area contributed by atoms with E-state index in [1.807, 2.05) is 30.3 Å². The van der Waals surface area contributed by atoms with Crippen molar-refractivity contribution < 1.29 is 18.7 Å². The summed E-state index contributed by atoms with van der Waals surface area (Å²) in [5.41, 5.74) is 6.35. The number of amides is 1. The molecule has 1 amide bonds. The van der Waals surface area contributed by atoms with Gasteiger partial charge in [0.15, 0.2) is 0 Å². The molecular weight excluding hydrogens is 383 g/mol. The van der Waals surface area contributed by atoms with E-state index in [0.717, 1.165) is 10.8 Å². The van der Waals surface area contributed by atoms with Gasteiger partial charge in [-0.1, -0.05) is 48.2 Å². The van der Waals surface area contributed by atoms with Gasteiger partial charge in [-0.2, -0.15) is 0 Å². The van der Waals surface area contributed by atoms with Crippen molar-refractivity contribution in [1.29, 1.82) is 0 Å². The molecule has 0 aliphatic heterocycles. The Morgan fingerprint density at radius 1 is 1.10 bits per heavy atom. The number of anilines is 1. The third kappa shape index (κ3) is 4.95. The van der Waals surface area contributed by atoms with E-state index in [0.29, 0.717) is 11.1 Å². The van der Waals surface area contributed by atoms with E-state index in [9.17, 15) is 14.0 Å². The lowest BCUT2D eigenvalue weighted by Gasteiger charge is -2.15. The molecule has 0 heterocycles. The Hall–Kier alpha value is -3.85. The first-order valence-corrected chi connectivity index (χ1v) is 9.48. The lowest BCUT2D eigenvalue weighted by Crippen LogP contribution is -2.41. The van der Waals surface area contributed by atoms with E-state index >= 15 is 0 Å². The van der Waals surface area contributed by atoms with Gasteiger partial charge in [0.05, 0.1) is 17.9 Å². The minimum atomic E-state index is -0.966. The van der Waals surface area contributed by atoms with Crippen LogP contribution in [0, 0.1) is 17.7 Å². The molecular formula is C24H21FN2O3. The normalized spacial score (nSPS) is 11.3. The fourth-order valence-corrected chi connectivity index (χ4v) is 2.90. The number of hydrogen-bond donors (Lipinski definition) is 2. The maximum atomic E-state index is 13.5. The number of fused-ring (bicyclic) bond motifs is 1. The standard InChI is InChI=1S/C24H21FN2O3/c1-2-30-24(29)21(12-6-10-17-9-5-11-20(25)22(17)26)27-23(28)19-14-13-16-7-3-4-8-18(16)15-19/h3-5,7-9,11,13-15,21H,2,12,26H2,1H3,(H,27,28)/t21-/m1/s1. The van der Waals surface area contributed by atoms with Crippen LogP contribution < -0.4 is 11.1 Å². The molecule has 0 unspecified atom stereocenters. The van der Waals surface area contributed by atoms with Crippen LogP contribution in [0.1, 0.15) is 29.3 Å². The van der Waals surface area contributed by atoms with Gasteiger partial charge in [-0.05, 0) is 42.0 Å². The van der Waals surface area contributed by atoms with Gasteiger partial charge in [-0.15, -0.1) is 0 Å². The van der Waals surface area contributed by atoms with Crippen molar-refractivity contribution in [2.24, 2.45) is 0 Å². The van der Waals surface area contributed by atoms with Crippen molar-refractivity contribution in [3.05, 3.63) is 77.6 Å². The van der Waals surface area contributed by atoms with E-state index in [2.05, 4.69) is 17.2 Å². The van der Waals surface area contributed by atoms with Gasteiger partial charge < -0.3 is 15.8 Å². The molecule has 0 saturated carbocycles. The van der Waals surface area contributed by atoms with Crippen molar-refractivity contribution in [2.45, 2.75) is 19.4 Å². The number of nitrogens with one attached hydrogen (secondary N) is 1. The van der Waals surface area contributed by atoms with Crippen LogP contribution in [0.3, 0.4) is 0 Å². The summed E-state index contributed by atoms with van der Waals surface area (Å²) < 4.78 is 18.6. The molecule has 0 spiro atoms. The van der Waals surface area contributed by atoms with Crippen LogP contribution in [0.4, 0.5) is 10.1 Å². The average Bonchev–Trinajstić information content (AvgIpc) is 2.75. The molecule has 0 radical (unpaired) electrons. The smallest absolute Gasteiger partial charge is 0.329 e. The number of rotatable bonds is 5. The molecule has 152 valence electrons. The number of carbonyl (C=O) groups excluding carboxylic acids is 2.